The number of H-pyrrole nitrogens is 1. The summed E-state index contributed by atoms with van der Waals surface area (Å²) in [6.07, 6.45) is 8.42. The average molecular weight is 451 g/mol. The van der Waals surface area contributed by atoms with Gasteiger partial charge in [0.05, 0.1) is 11.6 Å². The van der Waals surface area contributed by atoms with Gasteiger partial charge in [0.2, 0.25) is 0 Å². The second-order valence-electron chi connectivity index (χ2n) is 6.17. The van der Waals surface area contributed by atoms with E-state index >= 15 is 0 Å². The Labute approximate surface area is 157 Å². The third kappa shape index (κ3) is 3.19. The maximum absolute atomic E-state index is 4.60. The monoisotopic (exact) mass is 449 g/mol. The zero-order valence-electron chi connectivity index (χ0n) is 13.0. The van der Waals surface area contributed by atoms with Crippen molar-refractivity contribution in [3.05, 3.63) is 45.2 Å². The molecule has 0 unspecified atom stereocenters. The summed E-state index contributed by atoms with van der Waals surface area (Å²) in [5, 5.41) is 8.07. The molecule has 5 nitrogen and oxygen atoms in total. The molecule has 24 heavy (non-hydrogen) atoms. The molecule has 1 aromatic carbocycles. The number of hydrogen-bond donors (Lipinski definition) is 1. The van der Waals surface area contributed by atoms with E-state index in [0.29, 0.717) is 6.04 Å². The lowest BCUT2D eigenvalue weighted by Crippen LogP contribution is -2.33. The lowest BCUT2D eigenvalue weighted by molar-refractivity contribution is 0.599. The van der Waals surface area contributed by atoms with E-state index in [-0.39, 0.29) is 0 Å². The van der Waals surface area contributed by atoms with Crippen molar-refractivity contribution in [2.45, 2.75) is 38.3 Å². The number of halogens is 2. The summed E-state index contributed by atoms with van der Waals surface area (Å²) in [4.78, 5) is 11.3. The van der Waals surface area contributed by atoms with Crippen LogP contribution in [-0.2, 0) is 6.54 Å². The molecule has 1 saturated carbocycles. The number of hydrogen-bond acceptors (Lipinski definition) is 4. The predicted octanol–water partition coefficient (Wildman–Crippen LogP) is 4.83. The number of aromatic amines is 1. The van der Waals surface area contributed by atoms with Gasteiger partial charge in [0.25, 0.3) is 0 Å². The average Bonchev–Trinajstić information content (AvgIpc) is 3.22. The smallest absolute Gasteiger partial charge is 0.160 e. The zero-order valence-corrected chi connectivity index (χ0v) is 16.2. The standard InChI is InChI=1S/C17H17Br2N5/c18-12-5-11(6-13(19)7-12)9-24(14-3-1-2-4-14)17-15-8-22-23-16(15)20-10-21-17/h5-8,10,14H,1-4,9H2,(H,20,21,22,23). The Hall–Kier alpha value is -1.47. The molecule has 0 bridgehead atoms. The van der Waals surface area contributed by atoms with Crippen molar-refractivity contribution in [3.63, 3.8) is 0 Å². The van der Waals surface area contributed by atoms with Crippen LogP contribution in [0, 0.1) is 0 Å². The van der Waals surface area contributed by atoms with Crippen LogP contribution in [0.3, 0.4) is 0 Å². The maximum atomic E-state index is 4.60. The summed E-state index contributed by atoms with van der Waals surface area (Å²) in [6.45, 7) is 0.819. The van der Waals surface area contributed by atoms with Gasteiger partial charge in [-0.2, -0.15) is 5.10 Å². The lowest BCUT2D eigenvalue weighted by atomic mass is 10.1. The third-order valence-corrected chi connectivity index (χ3v) is 5.46. The van der Waals surface area contributed by atoms with Gasteiger partial charge in [-0.25, -0.2) is 9.97 Å². The van der Waals surface area contributed by atoms with E-state index < -0.39 is 0 Å². The minimum Gasteiger partial charge on any atom is -0.349 e. The van der Waals surface area contributed by atoms with Gasteiger partial charge in [-0.15, -0.1) is 0 Å². The summed E-state index contributed by atoms with van der Waals surface area (Å²) >= 11 is 7.17. The fraction of sp³-hybridized carbons (Fsp3) is 0.353. The van der Waals surface area contributed by atoms with E-state index in [2.05, 4.69) is 75.1 Å². The van der Waals surface area contributed by atoms with Gasteiger partial charge in [-0.3, -0.25) is 5.10 Å². The van der Waals surface area contributed by atoms with Crippen LogP contribution < -0.4 is 4.90 Å². The molecule has 2 heterocycles. The molecule has 3 aromatic rings. The van der Waals surface area contributed by atoms with Crippen LogP contribution in [0.2, 0.25) is 0 Å². The molecule has 1 fully saturated rings. The van der Waals surface area contributed by atoms with E-state index in [4.69, 9.17) is 0 Å². The highest BCUT2D eigenvalue weighted by Gasteiger charge is 2.26. The Morgan fingerprint density at radius 3 is 2.58 bits per heavy atom. The zero-order chi connectivity index (χ0) is 16.5. The van der Waals surface area contributed by atoms with Crippen molar-refractivity contribution in [2.24, 2.45) is 0 Å². The van der Waals surface area contributed by atoms with Gasteiger partial charge < -0.3 is 4.90 Å². The number of aromatic nitrogens is 4. The largest absolute Gasteiger partial charge is 0.349 e. The SMILES string of the molecule is Brc1cc(Br)cc(CN(c2ncnc3[nH]ncc23)C2CCCC2)c1. The van der Waals surface area contributed by atoms with Gasteiger partial charge >= 0.3 is 0 Å². The molecule has 1 aliphatic carbocycles. The van der Waals surface area contributed by atoms with Crippen LogP contribution in [0.25, 0.3) is 11.0 Å². The van der Waals surface area contributed by atoms with Crippen molar-refractivity contribution >= 4 is 48.7 Å². The van der Waals surface area contributed by atoms with Crippen LogP contribution in [-0.4, -0.2) is 26.2 Å². The van der Waals surface area contributed by atoms with Gasteiger partial charge in [0.1, 0.15) is 12.1 Å². The predicted molar refractivity (Wildman–Crippen MR) is 102 cm³/mol. The topological polar surface area (TPSA) is 57.7 Å². The van der Waals surface area contributed by atoms with Crippen molar-refractivity contribution < 1.29 is 0 Å². The van der Waals surface area contributed by atoms with E-state index in [9.17, 15) is 0 Å². The molecule has 1 aliphatic rings. The molecule has 0 aliphatic heterocycles. The molecule has 0 amide bonds. The van der Waals surface area contributed by atoms with Crippen molar-refractivity contribution in [3.8, 4) is 0 Å². The Morgan fingerprint density at radius 2 is 1.83 bits per heavy atom. The number of fused-ring (bicyclic) bond motifs is 1. The molecule has 124 valence electrons. The molecule has 7 heteroatoms. The number of nitrogens with zero attached hydrogens (tertiary/aromatic N) is 4. The molecule has 0 spiro atoms. The van der Waals surface area contributed by atoms with E-state index in [1.54, 1.807) is 6.33 Å². The van der Waals surface area contributed by atoms with Crippen LogP contribution in [0.4, 0.5) is 5.82 Å². The summed E-state index contributed by atoms with van der Waals surface area (Å²) < 4.78 is 2.16. The Kier molecular flexibility index (Phi) is 4.54. The first kappa shape index (κ1) is 16.0. The maximum Gasteiger partial charge on any atom is 0.160 e. The fourth-order valence-electron chi connectivity index (χ4n) is 3.47. The highest BCUT2D eigenvalue weighted by molar-refractivity contribution is 9.11. The van der Waals surface area contributed by atoms with Gasteiger partial charge in [-0.1, -0.05) is 44.7 Å². The van der Waals surface area contributed by atoms with Crippen molar-refractivity contribution in [1.29, 1.82) is 0 Å². The molecule has 4 rings (SSSR count). The van der Waals surface area contributed by atoms with Gasteiger partial charge in [0, 0.05) is 21.5 Å². The molecule has 0 atom stereocenters. The van der Waals surface area contributed by atoms with Crippen molar-refractivity contribution in [1.82, 2.24) is 20.2 Å². The van der Waals surface area contributed by atoms with Gasteiger partial charge in [0.15, 0.2) is 5.65 Å². The van der Waals surface area contributed by atoms with Crippen LogP contribution in [0.15, 0.2) is 39.7 Å². The molecule has 0 saturated heterocycles. The highest BCUT2D eigenvalue weighted by atomic mass is 79.9. The number of benzene rings is 1. The van der Waals surface area contributed by atoms with Gasteiger partial charge in [-0.05, 0) is 36.6 Å². The second kappa shape index (κ2) is 6.80. The Bertz CT molecular complexity index is 837. The number of nitrogens with one attached hydrogen (secondary N) is 1. The van der Waals surface area contributed by atoms with E-state index in [1.165, 1.54) is 31.2 Å². The summed E-state index contributed by atoms with van der Waals surface area (Å²) in [6, 6.07) is 6.90. The highest BCUT2D eigenvalue weighted by Crippen LogP contribution is 2.32. The second-order valence-corrected chi connectivity index (χ2v) is 8.00. The van der Waals surface area contributed by atoms with Crippen LogP contribution in [0.5, 0.6) is 0 Å². The quantitative estimate of drug-likeness (QED) is 0.618. The van der Waals surface area contributed by atoms with Crippen molar-refractivity contribution in [2.75, 3.05) is 4.90 Å². The Balaban J connectivity index is 1.75. The molecule has 2 aromatic heterocycles. The first-order valence-electron chi connectivity index (χ1n) is 8.06. The number of anilines is 1. The molecular weight excluding hydrogens is 434 g/mol. The fourth-order valence-corrected chi connectivity index (χ4v) is 4.86. The first-order chi connectivity index (χ1) is 11.7. The lowest BCUT2D eigenvalue weighted by Gasteiger charge is -2.30. The minimum atomic E-state index is 0.510. The molecule has 1 N–H and O–H groups in total. The number of rotatable bonds is 4. The van der Waals surface area contributed by atoms with Crippen LogP contribution >= 0.6 is 31.9 Å². The molecule has 0 radical (unpaired) electrons. The summed E-state index contributed by atoms with van der Waals surface area (Å²) in [7, 11) is 0. The minimum absolute atomic E-state index is 0.510. The van der Waals surface area contributed by atoms with E-state index in [1.807, 2.05) is 6.20 Å². The van der Waals surface area contributed by atoms with Crippen LogP contribution in [0.1, 0.15) is 31.2 Å². The molecular formula is C17H17Br2N5. The summed E-state index contributed by atoms with van der Waals surface area (Å²) in [5.41, 5.74) is 2.04. The van der Waals surface area contributed by atoms with E-state index in [0.717, 1.165) is 32.3 Å². The third-order valence-electron chi connectivity index (χ3n) is 4.54. The summed E-state index contributed by atoms with van der Waals surface area (Å²) in [5.74, 6) is 0.969. The normalized spacial score (nSPS) is 15.2. The first-order valence-corrected chi connectivity index (χ1v) is 9.65. The Morgan fingerprint density at radius 1 is 1.08 bits per heavy atom.